The third-order valence-corrected chi connectivity index (χ3v) is 1.54. The van der Waals surface area contributed by atoms with Crippen LogP contribution in [0.5, 0.6) is 5.75 Å². The Hall–Kier alpha value is -1.86. The van der Waals surface area contributed by atoms with Crippen LogP contribution in [0.3, 0.4) is 0 Å². The van der Waals surface area contributed by atoms with E-state index >= 15 is 0 Å². The standard InChI is InChI=1S/C7H5F3N2O3/c1-15-4-2-5(12(13)14)6(11-3-4)7(8,9)10/h2-3H,1H3. The van der Waals surface area contributed by atoms with Gasteiger partial charge in [-0.1, -0.05) is 0 Å². The summed E-state index contributed by atoms with van der Waals surface area (Å²) in [5.41, 5.74) is -2.66. The molecule has 0 aliphatic carbocycles. The van der Waals surface area contributed by atoms with Crippen molar-refractivity contribution in [3.8, 4) is 5.75 Å². The number of rotatable bonds is 2. The molecule has 0 spiro atoms. The van der Waals surface area contributed by atoms with Crippen LogP contribution in [0.1, 0.15) is 5.69 Å². The first kappa shape index (κ1) is 11.2. The molecule has 15 heavy (non-hydrogen) atoms. The van der Waals surface area contributed by atoms with Gasteiger partial charge in [-0.15, -0.1) is 0 Å². The Labute approximate surface area is 81.6 Å². The zero-order chi connectivity index (χ0) is 11.6. The molecular weight excluding hydrogens is 217 g/mol. The molecule has 0 saturated carbocycles. The second-order valence-electron chi connectivity index (χ2n) is 2.50. The van der Waals surface area contributed by atoms with Crippen LogP contribution in [0.25, 0.3) is 0 Å². The van der Waals surface area contributed by atoms with Crippen molar-refractivity contribution < 1.29 is 22.8 Å². The summed E-state index contributed by atoms with van der Waals surface area (Å²) >= 11 is 0. The molecule has 0 atom stereocenters. The maximum absolute atomic E-state index is 12.2. The molecule has 0 radical (unpaired) electrons. The lowest BCUT2D eigenvalue weighted by atomic mass is 10.3. The second kappa shape index (κ2) is 3.71. The summed E-state index contributed by atoms with van der Waals surface area (Å²) in [5.74, 6) is -0.102. The molecule has 0 bridgehead atoms. The number of aromatic nitrogens is 1. The van der Waals surface area contributed by atoms with Crippen molar-refractivity contribution in [1.82, 2.24) is 4.98 Å². The van der Waals surface area contributed by atoms with E-state index in [4.69, 9.17) is 0 Å². The van der Waals surface area contributed by atoms with Crippen molar-refractivity contribution >= 4 is 5.69 Å². The van der Waals surface area contributed by atoms with Gasteiger partial charge in [0, 0.05) is 0 Å². The van der Waals surface area contributed by atoms with Gasteiger partial charge in [-0.2, -0.15) is 13.2 Å². The average Bonchev–Trinajstić information content (AvgIpc) is 2.15. The highest BCUT2D eigenvalue weighted by Crippen LogP contribution is 2.35. The largest absolute Gasteiger partial charge is 0.495 e. The van der Waals surface area contributed by atoms with Gasteiger partial charge in [-0.05, 0) is 0 Å². The molecule has 1 rings (SSSR count). The predicted molar refractivity (Wildman–Crippen MR) is 42.4 cm³/mol. The van der Waals surface area contributed by atoms with Crippen LogP contribution in [-0.2, 0) is 6.18 Å². The molecule has 82 valence electrons. The fourth-order valence-electron chi connectivity index (χ4n) is 0.904. The van der Waals surface area contributed by atoms with E-state index in [2.05, 4.69) is 9.72 Å². The molecule has 0 aliphatic rings. The van der Waals surface area contributed by atoms with Crippen LogP contribution >= 0.6 is 0 Å². The van der Waals surface area contributed by atoms with Gasteiger partial charge in [0.05, 0.1) is 24.3 Å². The number of pyridine rings is 1. The van der Waals surface area contributed by atoms with Gasteiger partial charge in [0.2, 0.25) is 5.69 Å². The lowest BCUT2D eigenvalue weighted by molar-refractivity contribution is -0.388. The molecule has 0 saturated heterocycles. The van der Waals surface area contributed by atoms with Crippen molar-refractivity contribution in [1.29, 1.82) is 0 Å². The van der Waals surface area contributed by atoms with E-state index in [-0.39, 0.29) is 5.75 Å². The van der Waals surface area contributed by atoms with Crippen molar-refractivity contribution in [2.24, 2.45) is 0 Å². The SMILES string of the molecule is COc1cnc(C(F)(F)F)c([N+](=O)[O-])c1. The van der Waals surface area contributed by atoms with Crippen molar-refractivity contribution in [2.45, 2.75) is 6.18 Å². The van der Waals surface area contributed by atoms with Crippen LogP contribution < -0.4 is 4.74 Å². The normalized spacial score (nSPS) is 11.2. The number of hydrogen-bond acceptors (Lipinski definition) is 4. The summed E-state index contributed by atoms with van der Waals surface area (Å²) < 4.78 is 41.2. The molecule has 0 amide bonds. The van der Waals surface area contributed by atoms with Crippen molar-refractivity contribution in [2.75, 3.05) is 7.11 Å². The molecule has 0 aliphatic heterocycles. The predicted octanol–water partition coefficient (Wildman–Crippen LogP) is 2.02. The first-order valence-corrected chi connectivity index (χ1v) is 3.62. The topological polar surface area (TPSA) is 65.3 Å². The fourth-order valence-corrected chi connectivity index (χ4v) is 0.904. The van der Waals surface area contributed by atoms with Crippen molar-refractivity contribution in [3.05, 3.63) is 28.1 Å². The highest BCUT2D eigenvalue weighted by Gasteiger charge is 2.40. The Morgan fingerprint density at radius 3 is 2.53 bits per heavy atom. The van der Waals surface area contributed by atoms with E-state index in [0.29, 0.717) is 6.07 Å². The van der Waals surface area contributed by atoms with Crippen LogP contribution in [0.15, 0.2) is 12.3 Å². The molecule has 5 nitrogen and oxygen atoms in total. The number of nitrogens with zero attached hydrogens (tertiary/aromatic N) is 2. The third-order valence-electron chi connectivity index (χ3n) is 1.54. The van der Waals surface area contributed by atoms with E-state index in [1.807, 2.05) is 0 Å². The number of nitro groups is 1. The monoisotopic (exact) mass is 222 g/mol. The van der Waals surface area contributed by atoms with Crippen LogP contribution in [0, 0.1) is 10.1 Å². The zero-order valence-corrected chi connectivity index (χ0v) is 7.41. The Bertz CT molecular complexity index is 392. The molecule has 1 heterocycles. The average molecular weight is 222 g/mol. The van der Waals surface area contributed by atoms with Gasteiger partial charge in [-0.3, -0.25) is 10.1 Å². The lowest BCUT2D eigenvalue weighted by Gasteiger charge is -2.06. The first-order valence-electron chi connectivity index (χ1n) is 3.62. The summed E-state index contributed by atoms with van der Waals surface area (Å²) in [6.45, 7) is 0. The molecule has 0 unspecified atom stereocenters. The number of methoxy groups -OCH3 is 1. The van der Waals surface area contributed by atoms with E-state index in [0.717, 1.165) is 6.20 Å². The van der Waals surface area contributed by atoms with Gasteiger partial charge in [-0.25, -0.2) is 4.98 Å². The minimum atomic E-state index is -4.85. The third kappa shape index (κ3) is 2.33. The van der Waals surface area contributed by atoms with Crippen molar-refractivity contribution in [3.63, 3.8) is 0 Å². The quantitative estimate of drug-likeness (QED) is 0.567. The minimum Gasteiger partial charge on any atom is -0.495 e. The maximum atomic E-state index is 12.2. The number of hydrogen-bond donors (Lipinski definition) is 0. The highest BCUT2D eigenvalue weighted by molar-refractivity contribution is 5.42. The molecule has 0 aromatic carbocycles. The van der Waals surface area contributed by atoms with Crippen LogP contribution in [0.2, 0.25) is 0 Å². The first-order chi connectivity index (χ1) is 6.86. The van der Waals surface area contributed by atoms with Crippen LogP contribution in [-0.4, -0.2) is 17.0 Å². The van der Waals surface area contributed by atoms with Gasteiger partial charge in [0.15, 0.2) is 0 Å². The highest BCUT2D eigenvalue weighted by atomic mass is 19.4. The maximum Gasteiger partial charge on any atom is 0.440 e. The van der Waals surface area contributed by atoms with Crippen LogP contribution in [0.4, 0.5) is 18.9 Å². The number of ether oxygens (including phenoxy) is 1. The van der Waals surface area contributed by atoms with E-state index in [1.54, 1.807) is 0 Å². The molecule has 1 aromatic rings. The molecule has 0 N–H and O–H groups in total. The lowest BCUT2D eigenvalue weighted by Crippen LogP contribution is -2.11. The van der Waals surface area contributed by atoms with Gasteiger partial charge < -0.3 is 4.74 Å². The number of halogens is 3. The Kier molecular flexibility index (Phi) is 2.78. The van der Waals surface area contributed by atoms with Gasteiger partial charge in [0.1, 0.15) is 5.75 Å². The van der Waals surface area contributed by atoms with Gasteiger partial charge in [0.25, 0.3) is 0 Å². The fraction of sp³-hybridized carbons (Fsp3) is 0.286. The molecule has 1 aromatic heterocycles. The summed E-state index contributed by atoms with van der Waals surface area (Å²) in [4.78, 5) is 12.1. The number of alkyl halides is 3. The summed E-state index contributed by atoms with van der Waals surface area (Å²) in [5, 5.41) is 10.3. The molecule has 0 fully saturated rings. The Morgan fingerprint density at radius 1 is 1.53 bits per heavy atom. The Balaban J connectivity index is 3.34. The molecule has 8 heteroatoms. The smallest absolute Gasteiger partial charge is 0.440 e. The molecular formula is C7H5F3N2O3. The van der Waals surface area contributed by atoms with Gasteiger partial charge >= 0.3 is 11.9 Å². The summed E-state index contributed by atoms with van der Waals surface area (Å²) in [6, 6.07) is 0.676. The van der Waals surface area contributed by atoms with E-state index in [1.165, 1.54) is 7.11 Å². The Morgan fingerprint density at radius 2 is 2.13 bits per heavy atom. The zero-order valence-electron chi connectivity index (χ0n) is 7.41. The van der Waals surface area contributed by atoms with E-state index in [9.17, 15) is 23.3 Å². The second-order valence-corrected chi connectivity index (χ2v) is 2.50. The van der Waals surface area contributed by atoms with E-state index < -0.39 is 22.5 Å². The minimum absolute atomic E-state index is 0.102. The summed E-state index contributed by atoms with van der Waals surface area (Å²) in [6.07, 6.45) is -4.08. The summed E-state index contributed by atoms with van der Waals surface area (Å²) in [7, 11) is 1.17.